The van der Waals surface area contributed by atoms with Crippen LogP contribution in [0.15, 0.2) is 0 Å². The van der Waals surface area contributed by atoms with E-state index in [9.17, 15) is 0 Å². The minimum atomic E-state index is 0. The summed E-state index contributed by atoms with van der Waals surface area (Å²) in [6.45, 7) is 4.25. The molecule has 0 aliphatic rings. The summed E-state index contributed by atoms with van der Waals surface area (Å²) >= 11 is 4.69. The van der Waals surface area contributed by atoms with Crippen LogP contribution in [0.5, 0.6) is 0 Å². The molecule has 0 bridgehead atoms. The van der Waals surface area contributed by atoms with Crippen molar-refractivity contribution in [1.82, 2.24) is 0 Å². The number of hydrogen-bond donors (Lipinski definition) is 0. The molecule has 0 unspecified atom stereocenters. The summed E-state index contributed by atoms with van der Waals surface area (Å²) in [5.74, 6) is 0. The molecule has 0 aromatic heterocycles. The van der Waals surface area contributed by atoms with Crippen LogP contribution in [0.25, 0.3) is 0 Å². The maximum absolute atomic E-state index is 2.35. The Balaban J connectivity index is -0.0000000400. The third-order valence-electron chi connectivity index (χ3n) is 0. The van der Waals surface area contributed by atoms with Crippen molar-refractivity contribution >= 4 is 39.5 Å². The number of hydrogen-bond acceptors (Lipinski definition) is 0. The first kappa shape index (κ1) is 16.4. The Morgan fingerprint density at radius 3 is 1.29 bits per heavy atom. The summed E-state index contributed by atoms with van der Waals surface area (Å²) in [6.07, 6.45) is 1.25. The van der Waals surface area contributed by atoms with Crippen LogP contribution in [-0.4, -0.2) is 0 Å². The van der Waals surface area contributed by atoms with Gasteiger partial charge in [-0.25, -0.2) is 0 Å². The Morgan fingerprint density at radius 1 is 1.29 bits per heavy atom. The molecule has 0 aliphatic carbocycles. The van der Waals surface area contributed by atoms with Crippen LogP contribution in [0.2, 0.25) is 0 Å². The first-order valence-electron chi connectivity index (χ1n) is 1.67. The summed E-state index contributed by atoms with van der Waals surface area (Å²) in [5, 5.41) is 0. The molecule has 0 spiro atoms. The van der Waals surface area contributed by atoms with Gasteiger partial charge in [-0.1, -0.05) is 20.3 Å². The molecule has 0 saturated carbocycles. The summed E-state index contributed by atoms with van der Waals surface area (Å²) in [5.41, 5.74) is 0. The van der Waals surface area contributed by atoms with E-state index in [2.05, 4.69) is 53.3 Å². The second-order valence-corrected chi connectivity index (χ2v) is 13.4. The normalized spacial score (nSPS) is 5.71. The summed E-state index contributed by atoms with van der Waals surface area (Å²) in [4.78, 5) is 0. The SMILES string of the molecule is CCC.[I][Rh][I].[Rh]. The van der Waals surface area contributed by atoms with Gasteiger partial charge in [0.1, 0.15) is 0 Å². The monoisotopic (exact) mass is 504 g/mol. The average Bonchev–Trinajstić information content (AvgIpc) is 1.39. The molecule has 7 heavy (non-hydrogen) atoms. The average molecular weight is 504 g/mol. The standard InChI is InChI=1S/C3H8.2HI.2Rh/c1-3-2;;;;/h3H2,1-2H3;2*1H;;/q;;;;+2/p-2. The minimum absolute atomic E-state index is 0. The zero-order chi connectivity index (χ0) is 5.41. The van der Waals surface area contributed by atoms with Gasteiger partial charge < -0.3 is 0 Å². The van der Waals surface area contributed by atoms with Gasteiger partial charge in [0, 0.05) is 19.5 Å². The maximum Gasteiger partial charge on any atom is 0 e. The van der Waals surface area contributed by atoms with Gasteiger partial charge in [-0.05, 0) is 0 Å². The van der Waals surface area contributed by atoms with Gasteiger partial charge in [-0.15, -0.1) is 0 Å². The van der Waals surface area contributed by atoms with E-state index in [1.54, 1.807) is 0 Å². The number of halogens is 2. The van der Waals surface area contributed by atoms with Crippen LogP contribution in [0.3, 0.4) is 0 Å². The van der Waals surface area contributed by atoms with Gasteiger partial charge in [-0.3, -0.25) is 0 Å². The largest absolute Gasteiger partial charge is 0 e. The molecule has 52 valence electrons. The third-order valence-corrected chi connectivity index (χ3v) is 0. The van der Waals surface area contributed by atoms with Crippen LogP contribution in [0.4, 0.5) is 0 Å². The molecule has 1 radical (unpaired) electrons. The Labute approximate surface area is 87.7 Å². The van der Waals surface area contributed by atoms with Crippen LogP contribution in [0, 0.1) is 0 Å². The molecular weight excluding hydrogens is 496 g/mol. The van der Waals surface area contributed by atoms with E-state index >= 15 is 0 Å². The second kappa shape index (κ2) is 23.3. The summed E-state index contributed by atoms with van der Waals surface area (Å²) < 4.78 is 0. The zero-order valence-corrected chi connectivity index (χ0v) is 11.7. The smallest absolute Gasteiger partial charge is 0 e. The van der Waals surface area contributed by atoms with E-state index in [0.29, 0.717) is 0 Å². The van der Waals surface area contributed by atoms with Crippen molar-refractivity contribution in [2.45, 2.75) is 20.3 Å². The summed E-state index contributed by atoms with van der Waals surface area (Å²) in [7, 11) is 0.770. The molecule has 0 aromatic rings. The molecule has 0 N–H and O–H groups in total. The zero-order valence-electron chi connectivity index (χ0n) is 4.13. The number of rotatable bonds is 0. The van der Waals surface area contributed by atoms with Crippen LogP contribution >= 0.6 is 39.5 Å². The fourth-order valence-electron chi connectivity index (χ4n) is 0. The second-order valence-electron chi connectivity index (χ2n) is 0.755. The van der Waals surface area contributed by atoms with Crippen LogP contribution < -0.4 is 0 Å². The van der Waals surface area contributed by atoms with Crippen LogP contribution in [-0.2, 0) is 29.6 Å². The Hall–Kier alpha value is 2.71. The predicted molar refractivity (Wildman–Crippen MR) is 44.0 cm³/mol. The van der Waals surface area contributed by atoms with Crippen LogP contribution in [0.1, 0.15) is 20.3 Å². The van der Waals surface area contributed by atoms with Gasteiger partial charge in [0.15, 0.2) is 0 Å². The molecule has 0 amide bonds. The van der Waals surface area contributed by atoms with E-state index in [1.807, 2.05) is 0 Å². The van der Waals surface area contributed by atoms with Crippen molar-refractivity contribution in [2.24, 2.45) is 0 Å². The minimum Gasteiger partial charge on any atom is 0 e. The first-order chi connectivity index (χ1) is 2.83. The van der Waals surface area contributed by atoms with Crippen molar-refractivity contribution in [2.75, 3.05) is 0 Å². The molecule has 0 atom stereocenters. The van der Waals surface area contributed by atoms with Crippen molar-refractivity contribution in [3.63, 3.8) is 0 Å². The van der Waals surface area contributed by atoms with Gasteiger partial charge in [0.2, 0.25) is 0 Å². The fourth-order valence-corrected chi connectivity index (χ4v) is 0. The third kappa shape index (κ3) is 53.5. The quantitative estimate of drug-likeness (QED) is 0.352. The van der Waals surface area contributed by atoms with Gasteiger partial charge in [0.05, 0.1) is 0 Å². The van der Waals surface area contributed by atoms with Crippen molar-refractivity contribution in [3.05, 3.63) is 0 Å². The Bertz CT molecular complexity index is 12.9. The topological polar surface area (TPSA) is 0 Å². The summed E-state index contributed by atoms with van der Waals surface area (Å²) in [6, 6.07) is 0. The van der Waals surface area contributed by atoms with E-state index < -0.39 is 0 Å². The van der Waals surface area contributed by atoms with Gasteiger partial charge >= 0.3 is 49.6 Å². The molecule has 0 aromatic carbocycles. The van der Waals surface area contributed by atoms with Crippen molar-refractivity contribution in [1.29, 1.82) is 0 Å². The van der Waals surface area contributed by atoms with Gasteiger partial charge in [0.25, 0.3) is 0 Å². The van der Waals surface area contributed by atoms with E-state index in [4.69, 9.17) is 0 Å². The van der Waals surface area contributed by atoms with E-state index in [1.165, 1.54) is 6.42 Å². The molecule has 0 heterocycles. The molecule has 0 saturated heterocycles. The Kier molecular flexibility index (Phi) is 54.6. The molecule has 0 aliphatic heterocycles. The first-order valence-corrected chi connectivity index (χ1v) is 11.4. The molecule has 4 heteroatoms. The fraction of sp³-hybridized carbons (Fsp3) is 1.00. The Morgan fingerprint density at radius 2 is 1.29 bits per heavy atom. The molecule has 0 rings (SSSR count). The predicted octanol–water partition coefficient (Wildman–Crippen LogP) is 3.18. The van der Waals surface area contributed by atoms with E-state index in [-0.39, 0.29) is 19.5 Å². The maximum atomic E-state index is 2.35. The van der Waals surface area contributed by atoms with Crippen molar-refractivity contribution < 1.29 is 29.6 Å². The molecule has 0 fully saturated rings. The molecule has 0 nitrogen and oxygen atoms in total. The molecular formula is C3H8I2Rh2. The van der Waals surface area contributed by atoms with E-state index in [0.717, 1.165) is 10.1 Å². The van der Waals surface area contributed by atoms with Gasteiger partial charge in [-0.2, -0.15) is 0 Å². The van der Waals surface area contributed by atoms with Crippen molar-refractivity contribution in [3.8, 4) is 0 Å².